The molecule has 0 saturated carbocycles. The summed E-state index contributed by atoms with van der Waals surface area (Å²) in [5.74, 6) is 0.984. The van der Waals surface area contributed by atoms with E-state index in [1.165, 1.54) is 13.2 Å². The van der Waals surface area contributed by atoms with E-state index in [0.717, 1.165) is 22.1 Å². The number of esters is 1. The lowest BCUT2D eigenvalue weighted by Gasteiger charge is -2.03. The van der Waals surface area contributed by atoms with Crippen molar-refractivity contribution in [3.8, 4) is 11.3 Å². The second-order valence-electron chi connectivity index (χ2n) is 4.59. The lowest BCUT2D eigenvalue weighted by molar-refractivity contribution is -0.134. The molecule has 1 heterocycles. The maximum atomic E-state index is 11.1. The molecule has 0 bridgehead atoms. The van der Waals surface area contributed by atoms with Crippen molar-refractivity contribution in [2.75, 3.05) is 7.11 Å². The maximum absolute atomic E-state index is 11.1. The maximum Gasteiger partial charge on any atom is 0.330 e. The van der Waals surface area contributed by atoms with Crippen molar-refractivity contribution in [3.05, 3.63) is 66.4 Å². The third-order valence-electron chi connectivity index (χ3n) is 3.27. The Morgan fingerprint density at radius 1 is 1.05 bits per heavy atom. The van der Waals surface area contributed by atoms with Crippen LogP contribution in [-0.2, 0) is 9.53 Å². The minimum absolute atomic E-state index is 0.405. The first-order valence-corrected chi connectivity index (χ1v) is 6.62. The molecule has 0 fully saturated rings. The summed E-state index contributed by atoms with van der Waals surface area (Å²) < 4.78 is 10.3. The first kappa shape index (κ1) is 13.2. The standard InChI is InChI=1S/C18H14O3/c1-20-18(19)12-10-14-9-11-17(21-14)16-8-4-6-13-5-2-3-7-15(13)16/h2-12H,1H3/b12-10-. The number of benzene rings is 2. The van der Waals surface area contributed by atoms with E-state index < -0.39 is 5.97 Å². The van der Waals surface area contributed by atoms with Gasteiger partial charge in [-0.05, 0) is 29.0 Å². The van der Waals surface area contributed by atoms with Crippen molar-refractivity contribution >= 4 is 22.8 Å². The third-order valence-corrected chi connectivity index (χ3v) is 3.27. The van der Waals surface area contributed by atoms with Gasteiger partial charge < -0.3 is 9.15 Å². The van der Waals surface area contributed by atoms with Gasteiger partial charge in [-0.15, -0.1) is 0 Å². The molecule has 104 valence electrons. The molecule has 3 rings (SSSR count). The van der Waals surface area contributed by atoms with Gasteiger partial charge in [0.15, 0.2) is 0 Å². The van der Waals surface area contributed by atoms with Crippen LogP contribution in [0.1, 0.15) is 5.76 Å². The van der Waals surface area contributed by atoms with Crippen LogP contribution in [0.4, 0.5) is 0 Å². The number of rotatable bonds is 3. The number of ether oxygens (including phenoxy) is 1. The molecule has 0 saturated heterocycles. The summed E-state index contributed by atoms with van der Waals surface area (Å²) >= 11 is 0. The highest BCUT2D eigenvalue weighted by atomic mass is 16.5. The molecule has 0 atom stereocenters. The van der Waals surface area contributed by atoms with Gasteiger partial charge in [0, 0.05) is 11.6 Å². The molecule has 0 aliphatic rings. The van der Waals surface area contributed by atoms with Crippen LogP contribution in [0, 0.1) is 0 Å². The molecular formula is C18H14O3. The first-order valence-electron chi connectivity index (χ1n) is 6.62. The van der Waals surface area contributed by atoms with Gasteiger partial charge in [0.25, 0.3) is 0 Å². The van der Waals surface area contributed by atoms with E-state index in [9.17, 15) is 4.79 Å². The number of carbonyl (C=O) groups excluding carboxylic acids is 1. The van der Waals surface area contributed by atoms with Gasteiger partial charge in [0.05, 0.1) is 7.11 Å². The van der Waals surface area contributed by atoms with Gasteiger partial charge in [-0.1, -0.05) is 42.5 Å². The molecule has 0 unspecified atom stereocenters. The molecule has 2 aromatic carbocycles. The molecule has 0 aliphatic heterocycles. The molecule has 0 N–H and O–H groups in total. The number of hydrogen-bond acceptors (Lipinski definition) is 3. The predicted molar refractivity (Wildman–Crippen MR) is 82.7 cm³/mol. The van der Waals surface area contributed by atoms with Crippen LogP contribution >= 0.6 is 0 Å². The molecular weight excluding hydrogens is 264 g/mol. The van der Waals surface area contributed by atoms with Crippen molar-refractivity contribution < 1.29 is 13.9 Å². The number of furan rings is 1. The minimum atomic E-state index is -0.405. The average Bonchev–Trinajstić information content (AvgIpc) is 3.00. The lowest BCUT2D eigenvalue weighted by atomic mass is 10.0. The summed E-state index contributed by atoms with van der Waals surface area (Å²) in [4.78, 5) is 11.1. The summed E-state index contributed by atoms with van der Waals surface area (Å²) in [7, 11) is 1.34. The predicted octanol–water partition coefficient (Wildman–Crippen LogP) is 4.29. The third kappa shape index (κ3) is 2.72. The van der Waals surface area contributed by atoms with Crippen LogP contribution in [-0.4, -0.2) is 13.1 Å². The Kier molecular flexibility index (Phi) is 3.56. The van der Waals surface area contributed by atoms with Gasteiger partial charge in [0.2, 0.25) is 0 Å². The Morgan fingerprint density at radius 3 is 2.71 bits per heavy atom. The van der Waals surface area contributed by atoms with E-state index in [1.54, 1.807) is 6.08 Å². The molecule has 0 radical (unpaired) electrons. The van der Waals surface area contributed by atoms with Crippen LogP contribution in [0.5, 0.6) is 0 Å². The van der Waals surface area contributed by atoms with E-state index in [2.05, 4.69) is 22.9 Å². The fourth-order valence-electron chi connectivity index (χ4n) is 2.25. The van der Waals surface area contributed by atoms with Gasteiger partial charge >= 0.3 is 5.97 Å². The zero-order valence-corrected chi connectivity index (χ0v) is 11.6. The number of carbonyl (C=O) groups is 1. The molecule has 0 spiro atoms. The molecule has 0 aliphatic carbocycles. The van der Waals surface area contributed by atoms with Crippen LogP contribution in [0.25, 0.3) is 28.2 Å². The molecule has 3 aromatic rings. The fourth-order valence-corrected chi connectivity index (χ4v) is 2.25. The molecule has 3 heteroatoms. The molecule has 1 aromatic heterocycles. The Morgan fingerprint density at radius 2 is 1.86 bits per heavy atom. The average molecular weight is 278 g/mol. The Labute approximate surface area is 122 Å². The zero-order chi connectivity index (χ0) is 14.7. The van der Waals surface area contributed by atoms with Crippen LogP contribution in [0.3, 0.4) is 0 Å². The van der Waals surface area contributed by atoms with Crippen molar-refractivity contribution in [2.24, 2.45) is 0 Å². The lowest BCUT2D eigenvalue weighted by Crippen LogP contribution is -1.92. The first-order chi connectivity index (χ1) is 10.3. The van der Waals surface area contributed by atoms with Crippen molar-refractivity contribution in [2.45, 2.75) is 0 Å². The highest BCUT2D eigenvalue weighted by Crippen LogP contribution is 2.30. The summed E-state index contributed by atoms with van der Waals surface area (Å²) in [6, 6.07) is 18.0. The van der Waals surface area contributed by atoms with Gasteiger partial charge in [-0.2, -0.15) is 0 Å². The van der Waals surface area contributed by atoms with Crippen molar-refractivity contribution in [1.29, 1.82) is 0 Å². The van der Waals surface area contributed by atoms with E-state index in [-0.39, 0.29) is 0 Å². The second-order valence-corrected chi connectivity index (χ2v) is 4.59. The van der Waals surface area contributed by atoms with Crippen molar-refractivity contribution in [3.63, 3.8) is 0 Å². The molecule has 0 amide bonds. The van der Waals surface area contributed by atoms with E-state index in [0.29, 0.717) is 5.76 Å². The van der Waals surface area contributed by atoms with Gasteiger partial charge in [-0.25, -0.2) is 4.79 Å². The Bertz CT molecular complexity index is 807. The normalized spacial score (nSPS) is 11.1. The van der Waals surface area contributed by atoms with Gasteiger partial charge in [-0.3, -0.25) is 0 Å². The van der Waals surface area contributed by atoms with E-state index in [1.807, 2.05) is 36.4 Å². The highest BCUT2D eigenvalue weighted by Gasteiger charge is 2.07. The van der Waals surface area contributed by atoms with E-state index >= 15 is 0 Å². The largest absolute Gasteiger partial charge is 0.466 e. The molecule has 3 nitrogen and oxygen atoms in total. The van der Waals surface area contributed by atoms with E-state index in [4.69, 9.17) is 4.42 Å². The van der Waals surface area contributed by atoms with Gasteiger partial charge in [0.1, 0.15) is 11.5 Å². The highest BCUT2D eigenvalue weighted by molar-refractivity contribution is 5.95. The minimum Gasteiger partial charge on any atom is -0.466 e. The van der Waals surface area contributed by atoms with Crippen LogP contribution in [0.15, 0.2) is 65.1 Å². The monoisotopic (exact) mass is 278 g/mol. The molecule has 21 heavy (non-hydrogen) atoms. The van der Waals surface area contributed by atoms with Crippen LogP contribution in [0.2, 0.25) is 0 Å². The summed E-state index contributed by atoms with van der Waals surface area (Å²) in [5, 5.41) is 2.30. The SMILES string of the molecule is COC(=O)/C=C\c1ccc(-c2cccc3ccccc23)o1. The number of methoxy groups -OCH3 is 1. The fraction of sp³-hybridized carbons (Fsp3) is 0.0556. The quantitative estimate of drug-likeness (QED) is 0.530. The number of hydrogen-bond donors (Lipinski definition) is 0. The summed E-state index contributed by atoms with van der Waals surface area (Å²) in [6.45, 7) is 0. The van der Waals surface area contributed by atoms with Crippen molar-refractivity contribution in [1.82, 2.24) is 0 Å². The smallest absolute Gasteiger partial charge is 0.330 e. The summed E-state index contributed by atoms with van der Waals surface area (Å²) in [5.41, 5.74) is 1.03. The summed E-state index contributed by atoms with van der Waals surface area (Å²) in [6.07, 6.45) is 2.94. The number of fused-ring (bicyclic) bond motifs is 1. The zero-order valence-electron chi connectivity index (χ0n) is 11.6. The Hall–Kier alpha value is -2.81. The second kappa shape index (κ2) is 5.67. The topological polar surface area (TPSA) is 39.4 Å². The van der Waals surface area contributed by atoms with Crippen LogP contribution < -0.4 is 0 Å². The Balaban J connectivity index is 1.99.